The predicted molar refractivity (Wildman–Crippen MR) is 89.6 cm³/mol. The van der Waals surface area contributed by atoms with E-state index in [1.165, 1.54) is 12.0 Å². The van der Waals surface area contributed by atoms with Crippen molar-refractivity contribution in [1.82, 2.24) is 4.90 Å². The van der Waals surface area contributed by atoms with Gasteiger partial charge in [0, 0.05) is 6.92 Å². The number of carbonyl (C=O) groups excluding carboxylic acids is 1. The highest BCUT2D eigenvalue weighted by Gasteiger charge is 2.35. The van der Waals surface area contributed by atoms with Crippen molar-refractivity contribution < 1.29 is 9.53 Å². The molecule has 1 amide bonds. The number of hydrogen-bond acceptors (Lipinski definition) is 2. The number of hydrogen-bond donors (Lipinski definition) is 0. The molecule has 2 rings (SSSR count). The van der Waals surface area contributed by atoms with Gasteiger partial charge in [-0.3, -0.25) is 4.79 Å². The minimum Gasteiger partial charge on any atom is -0.372 e. The molecule has 1 saturated carbocycles. The fourth-order valence-electron chi connectivity index (χ4n) is 3.47. The molecule has 0 saturated heterocycles. The Morgan fingerprint density at radius 3 is 2.68 bits per heavy atom. The summed E-state index contributed by atoms with van der Waals surface area (Å²) in [7, 11) is 0. The van der Waals surface area contributed by atoms with Gasteiger partial charge in [-0.1, -0.05) is 49.2 Å². The third-order valence-corrected chi connectivity index (χ3v) is 4.52. The first kappa shape index (κ1) is 16.8. The number of carbonyl (C=O) groups is 1. The van der Waals surface area contributed by atoms with Crippen LogP contribution in [0.15, 0.2) is 43.0 Å². The Bertz CT molecular complexity index is 485. The van der Waals surface area contributed by atoms with Crippen molar-refractivity contribution in [1.29, 1.82) is 0 Å². The second-order valence-electron chi connectivity index (χ2n) is 6.03. The first-order chi connectivity index (χ1) is 10.6. The van der Waals surface area contributed by atoms with Crippen LogP contribution in [0.4, 0.5) is 0 Å². The van der Waals surface area contributed by atoms with Gasteiger partial charge in [0.05, 0.1) is 24.8 Å². The van der Waals surface area contributed by atoms with Gasteiger partial charge in [0.1, 0.15) is 0 Å². The molecule has 1 aliphatic carbocycles. The summed E-state index contributed by atoms with van der Waals surface area (Å²) >= 11 is 0. The van der Waals surface area contributed by atoms with Crippen molar-refractivity contribution in [2.45, 2.75) is 57.7 Å². The van der Waals surface area contributed by atoms with Gasteiger partial charge in [-0.2, -0.15) is 0 Å². The molecule has 0 unspecified atom stereocenters. The van der Waals surface area contributed by atoms with Crippen LogP contribution in [0.3, 0.4) is 0 Å². The van der Waals surface area contributed by atoms with E-state index in [0.717, 1.165) is 19.3 Å². The van der Waals surface area contributed by atoms with Gasteiger partial charge >= 0.3 is 0 Å². The van der Waals surface area contributed by atoms with Crippen molar-refractivity contribution in [3.05, 3.63) is 48.6 Å². The molecule has 1 fully saturated rings. The number of benzene rings is 1. The van der Waals surface area contributed by atoms with Crippen LogP contribution in [0.2, 0.25) is 0 Å². The second kappa shape index (κ2) is 8.14. The molecule has 1 aromatic carbocycles. The zero-order valence-corrected chi connectivity index (χ0v) is 13.7. The molecule has 3 heteroatoms. The van der Waals surface area contributed by atoms with Gasteiger partial charge in [-0.05, 0) is 25.3 Å². The molecule has 0 bridgehead atoms. The lowest BCUT2D eigenvalue weighted by Crippen LogP contribution is -2.49. The van der Waals surface area contributed by atoms with E-state index in [2.05, 4.69) is 25.6 Å². The standard InChI is InChI=1S/C19H27NO2/c1-4-14-22-19-13-9-8-12-18(19)20(16(3)21)15(2)17-10-6-5-7-11-17/h4-7,10-11,15,18-19H,1,8-9,12-14H2,2-3H3/t15-,18+,19+/m0/s1. The van der Waals surface area contributed by atoms with Crippen molar-refractivity contribution >= 4 is 5.91 Å². The number of nitrogens with zero attached hydrogens (tertiary/aromatic N) is 1. The van der Waals surface area contributed by atoms with Crippen LogP contribution in [0.1, 0.15) is 51.1 Å². The minimum absolute atomic E-state index is 0.0663. The summed E-state index contributed by atoms with van der Waals surface area (Å²) in [5, 5.41) is 0. The van der Waals surface area contributed by atoms with Crippen molar-refractivity contribution in [3.63, 3.8) is 0 Å². The highest BCUT2D eigenvalue weighted by atomic mass is 16.5. The first-order valence-electron chi connectivity index (χ1n) is 8.21. The normalized spacial score (nSPS) is 22.8. The van der Waals surface area contributed by atoms with Crippen LogP contribution < -0.4 is 0 Å². The van der Waals surface area contributed by atoms with E-state index in [-0.39, 0.29) is 24.1 Å². The lowest BCUT2D eigenvalue weighted by Gasteiger charge is -2.42. The highest BCUT2D eigenvalue weighted by molar-refractivity contribution is 5.74. The molecule has 0 aliphatic heterocycles. The number of rotatable bonds is 6. The zero-order chi connectivity index (χ0) is 15.9. The van der Waals surface area contributed by atoms with Crippen LogP contribution in [-0.4, -0.2) is 29.6 Å². The molecule has 120 valence electrons. The van der Waals surface area contributed by atoms with Crippen LogP contribution in [0, 0.1) is 0 Å². The van der Waals surface area contributed by atoms with Crippen LogP contribution in [-0.2, 0) is 9.53 Å². The molecule has 3 atom stereocenters. The topological polar surface area (TPSA) is 29.5 Å². The number of amides is 1. The Morgan fingerprint density at radius 1 is 1.36 bits per heavy atom. The third kappa shape index (κ3) is 3.98. The smallest absolute Gasteiger partial charge is 0.220 e. The molecule has 0 spiro atoms. The lowest BCUT2D eigenvalue weighted by atomic mass is 9.89. The van der Waals surface area contributed by atoms with Gasteiger partial charge in [0.25, 0.3) is 0 Å². The average molecular weight is 301 g/mol. The first-order valence-corrected chi connectivity index (χ1v) is 8.21. The average Bonchev–Trinajstić information content (AvgIpc) is 2.54. The van der Waals surface area contributed by atoms with Gasteiger partial charge < -0.3 is 9.64 Å². The van der Waals surface area contributed by atoms with Gasteiger partial charge in [0.15, 0.2) is 0 Å². The Labute approximate surface area is 134 Å². The van der Waals surface area contributed by atoms with Crippen LogP contribution in [0.5, 0.6) is 0 Å². The minimum atomic E-state index is 0.0663. The highest BCUT2D eigenvalue weighted by Crippen LogP contribution is 2.32. The molecule has 22 heavy (non-hydrogen) atoms. The summed E-state index contributed by atoms with van der Waals surface area (Å²) in [4.78, 5) is 14.3. The molecule has 1 aliphatic rings. The van der Waals surface area contributed by atoms with Gasteiger partial charge in [0.2, 0.25) is 5.91 Å². The fourth-order valence-corrected chi connectivity index (χ4v) is 3.47. The maximum Gasteiger partial charge on any atom is 0.220 e. The quantitative estimate of drug-likeness (QED) is 0.740. The summed E-state index contributed by atoms with van der Waals surface area (Å²) in [5.41, 5.74) is 1.17. The summed E-state index contributed by atoms with van der Waals surface area (Å²) in [6, 6.07) is 10.4. The Kier molecular flexibility index (Phi) is 6.20. The van der Waals surface area contributed by atoms with Gasteiger partial charge in [-0.15, -0.1) is 6.58 Å². The van der Waals surface area contributed by atoms with Crippen LogP contribution >= 0.6 is 0 Å². The van der Waals surface area contributed by atoms with E-state index >= 15 is 0 Å². The third-order valence-electron chi connectivity index (χ3n) is 4.52. The van der Waals surface area contributed by atoms with E-state index in [9.17, 15) is 4.79 Å². The molecule has 1 aromatic rings. The van der Waals surface area contributed by atoms with Crippen molar-refractivity contribution in [2.24, 2.45) is 0 Å². The second-order valence-corrected chi connectivity index (χ2v) is 6.03. The zero-order valence-electron chi connectivity index (χ0n) is 13.7. The molecule has 0 aromatic heterocycles. The lowest BCUT2D eigenvalue weighted by molar-refractivity contribution is -0.139. The molecule has 0 radical (unpaired) electrons. The largest absolute Gasteiger partial charge is 0.372 e. The summed E-state index contributed by atoms with van der Waals surface area (Å²) in [6.45, 7) is 8.05. The summed E-state index contributed by atoms with van der Waals surface area (Å²) < 4.78 is 5.95. The molecular weight excluding hydrogens is 274 g/mol. The van der Waals surface area contributed by atoms with Crippen LogP contribution in [0.25, 0.3) is 0 Å². The monoisotopic (exact) mass is 301 g/mol. The van der Waals surface area contributed by atoms with E-state index in [4.69, 9.17) is 4.74 Å². The van der Waals surface area contributed by atoms with E-state index in [1.54, 1.807) is 13.0 Å². The molecular formula is C19H27NO2. The number of ether oxygens (including phenoxy) is 1. The Morgan fingerprint density at radius 2 is 2.05 bits per heavy atom. The van der Waals surface area contributed by atoms with Crippen molar-refractivity contribution in [3.8, 4) is 0 Å². The Hall–Kier alpha value is -1.61. The predicted octanol–water partition coefficient (Wildman–Crippen LogP) is 4.11. The Balaban J connectivity index is 2.21. The van der Waals surface area contributed by atoms with Gasteiger partial charge in [-0.25, -0.2) is 0 Å². The molecule has 0 N–H and O–H groups in total. The van der Waals surface area contributed by atoms with E-state index < -0.39 is 0 Å². The summed E-state index contributed by atoms with van der Waals surface area (Å²) in [6.07, 6.45) is 6.25. The fraction of sp³-hybridized carbons (Fsp3) is 0.526. The SMILES string of the molecule is C=CCO[C@@H]1CCCC[C@H]1N(C(C)=O)[C@@H](C)c1ccccc1. The molecule has 3 nitrogen and oxygen atoms in total. The van der Waals surface area contributed by atoms with E-state index in [1.807, 2.05) is 23.1 Å². The molecule has 0 heterocycles. The summed E-state index contributed by atoms with van der Waals surface area (Å²) in [5.74, 6) is 0.121. The van der Waals surface area contributed by atoms with Crippen molar-refractivity contribution in [2.75, 3.05) is 6.61 Å². The van der Waals surface area contributed by atoms with E-state index in [0.29, 0.717) is 6.61 Å². The maximum absolute atomic E-state index is 12.3. The maximum atomic E-state index is 12.3.